The highest BCUT2D eigenvalue weighted by Gasteiger charge is 2.26. The first-order valence-electron chi connectivity index (χ1n) is 9.51. The summed E-state index contributed by atoms with van der Waals surface area (Å²) in [6.45, 7) is 6.35. The summed E-state index contributed by atoms with van der Waals surface area (Å²) >= 11 is 3.80. The predicted octanol–water partition coefficient (Wildman–Crippen LogP) is 3.68. The number of fused-ring (bicyclic) bond motifs is 1. The second kappa shape index (κ2) is 8.10. The molecule has 2 atom stereocenters. The molecule has 1 aliphatic rings. The van der Waals surface area contributed by atoms with Crippen LogP contribution in [0.15, 0.2) is 18.3 Å². The van der Waals surface area contributed by atoms with Gasteiger partial charge in [0.05, 0.1) is 47.4 Å². The van der Waals surface area contributed by atoms with Gasteiger partial charge in [-0.1, -0.05) is 5.21 Å². The number of halogens is 1. The van der Waals surface area contributed by atoms with Gasteiger partial charge in [0.25, 0.3) is 0 Å². The lowest BCUT2D eigenvalue weighted by Crippen LogP contribution is -2.44. The molecule has 0 saturated carbocycles. The third kappa shape index (κ3) is 3.31. The molecule has 156 valence electrons. The van der Waals surface area contributed by atoms with Crippen molar-refractivity contribution in [2.24, 2.45) is 7.05 Å². The van der Waals surface area contributed by atoms with Gasteiger partial charge in [-0.2, -0.15) is 9.47 Å². The van der Waals surface area contributed by atoms with Crippen molar-refractivity contribution in [1.29, 1.82) is 0 Å². The highest BCUT2D eigenvalue weighted by atomic mass is 127. The number of aryl methyl sites for hydroxylation is 2. The predicted molar refractivity (Wildman–Crippen MR) is 129 cm³/mol. The van der Waals surface area contributed by atoms with Gasteiger partial charge in [0.15, 0.2) is 0 Å². The van der Waals surface area contributed by atoms with Crippen molar-refractivity contribution in [3.63, 3.8) is 0 Å². The molecule has 5 rings (SSSR count). The van der Waals surface area contributed by atoms with Crippen molar-refractivity contribution in [3.05, 3.63) is 24.0 Å². The van der Waals surface area contributed by atoms with Crippen molar-refractivity contribution in [2.75, 3.05) is 24.7 Å². The van der Waals surface area contributed by atoms with E-state index in [9.17, 15) is 0 Å². The molecule has 12 heteroatoms. The smallest absolute Gasteiger partial charge is 0.130 e. The molecule has 5 heterocycles. The van der Waals surface area contributed by atoms with Crippen molar-refractivity contribution in [3.8, 4) is 22.6 Å². The number of rotatable bonds is 4. The Morgan fingerprint density at radius 3 is 2.97 bits per heavy atom. The molecule has 0 bridgehead atoms. The van der Waals surface area contributed by atoms with Crippen LogP contribution in [0.1, 0.15) is 12.6 Å². The Bertz CT molecular complexity index is 1200. The van der Waals surface area contributed by atoms with E-state index in [0.29, 0.717) is 19.6 Å². The van der Waals surface area contributed by atoms with E-state index in [1.54, 1.807) is 0 Å². The van der Waals surface area contributed by atoms with E-state index in [1.807, 2.05) is 35.4 Å². The van der Waals surface area contributed by atoms with Crippen LogP contribution in [0.25, 0.3) is 32.9 Å². The normalized spacial score (nSPS) is 17.6. The Morgan fingerprint density at radius 2 is 2.23 bits per heavy atom. The molecule has 0 aromatic carbocycles. The van der Waals surface area contributed by atoms with Crippen LogP contribution in [-0.2, 0) is 11.8 Å². The van der Waals surface area contributed by atoms with Crippen LogP contribution >= 0.6 is 39.9 Å². The van der Waals surface area contributed by atoms with Gasteiger partial charge in [-0.3, -0.25) is 0 Å². The summed E-state index contributed by atoms with van der Waals surface area (Å²) in [7, 11) is 1.92. The maximum Gasteiger partial charge on any atom is 0.130 e. The van der Waals surface area contributed by atoms with E-state index >= 15 is 0 Å². The lowest BCUT2D eigenvalue weighted by molar-refractivity contribution is 0.0986. The third-order valence-corrected chi connectivity index (χ3v) is 8.05. The number of hydrogen-bond donors (Lipinski definition) is 0. The fraction of sp³-hybridized carbons (Fsp3) is 0.389. The third-order valence-electron chi connectivity index (χ3n) is 5.29. The largest absolute Gasteiger partial charge is 0.377 e. The first-order valence-corrected chi connectivity index (χ1v) is 14.3. The second-order valence-corrected chi connectivity index (χ2v) is 10.0. The summed E-state index contributed by atoms with van der Waals surface area (Å²) in [5.41, 5.74) is 5.69. The summed E-state index contributed by atoms with van der Waals surface area (Å²) in [5.74, 6) is 0.929. The van der Waals surface area contributed by atoms with Crippen LogP contribution in [0.3, 0.4) is 0 Å². The maximum atomic E-state index is 5.64. The molecule has 1 aliphatic heterocycles. The maximum absolute atomic E-state index is 5.64. The van der Waals surface area contributed by atoms with Crippen LogP contribution in [-0.4, -0.2) is 59.7 Å². The van der Waals surface area contributed by atoms with Crippen molar-refractivity contribution in [1.82, 2.24) is 33.9 Å². The van der Waals surface area contributed by atoms with Gasteiger partial charge in [-0.15, -0.1) is 5.10 Å². The number of aromatic nitrogens is 7. The van der Waals surface area contributed by atoms with E-state index in [-0.39, 0.29) is 6.04 Å². The Kier molecular flexibility index (Phi) is 5.46. The van der Waals surface area contributed by atoms with Gasteiger partial charge < -0.3 is 9.64 Å². The van der Waals surface area contributed by atoms with Crippen LogP contribution in [0, 0.1) is 6.92 Å². The number of hydrogen-bond acceptors (Lipinski definition) is 8. The molecule has 0 radical (unpaired) electrons. The minimum absolute atomic E-state index is 0.249. The van der Waals surface area contributed by atoms with E-state index in [4.69, 9.17) is 14.1 Å². The minimum atomic E-state index is 0.249. The lowest BCUT2D eigenvalue weighted by Gasteiger charge is -2.34. The molecular formula is C18H20IN8OPS. The van der Waals surface area contributed by atoms with E-state index < -0.39 is 0 Å². The Morgan fingerprint density at radius 1 is 1.37 bits per heavy atom. The minimum Gasteiger partial charge on any atom is -0.377 e. The van der Waals surface area contributed by atoms with Crippen LogP contribution in [0.4, 0.5) is 5.82 Å². The molecule has 30 heavy (non-hydrogen) atoms. The zero-order chi connectivity index (χ0) is 20.8. The average Bonchev–Trinajstić information content (AvgIpc) is 3.46. The first kappa shape index (κ1) is 20.2. The molecule has 1 saturated heterocycles. The van der Waals surface area contributed by atoms with Crippen molar-refractivity contribution < 1.29 is 4.74 Å². The molecule has 4 aromatic rings. The fourth-order valence-corrected chi connectivity index (χ4v) is 6.23. The van der Waals surface area contributed by atoms with Crippen molar-refractivity contribution in [2.45, 2.75) is 19.9 Å². The molecule has 0 amide bonds. The first-order chi connectivity index (χ1) is 14.6. The van der Waals surface area contributed by atoms with Gasteiger partial charge in [-0.25, -0.2) is 14.1 Å². The Labute approximate surface area is 192 Å². The number of morpholine rings is 1. The topological polar surface area (TPSA) is 86.8 Å². The monoisotopic (exact) mass is 554 g/mol. The van der Waals surface area contributed by atoms with Crippen LogP contribution in [0.5, 0.6) is 0 Å². The van der Waals surface area contributed by atoms with Gasteiger partial charge in [-0.05, 0) is 59.6 Å². The van der Waals surface area contributed by atoms with E-state index in [2.05, 4.69) is 55.3 Å². The van der Waals surface area contributed by atoms with E-state index in [0.717, 1.165) is 50.9 Å². The molecule has 0 spiro atoms. The van der Waals surface area contributed by atoms with Gasteiger partial charge >= 0.3 is 0 Å². The molecule has 1 unspecified atom stereocenters. The molecule has 0 N–H and O–H groups in total. The summed E-state index contributed by atoms with van der Waals surface area (Å²) in [4.78, 5) is 7.41. The quantitative estimate of drug-likeness (QED) is 0.281. The molecule has 9 nitrogen and oxygen atoms in total. The number of ether oxygens (including phenoxy) is 1. The van der Waals surface area contributed by atoms with Crippen LogP contribution < -0.4 is 4.90 Å². The second-order valence-electron chi connectivity index (χ2n) is 7.21. The highest BCUT2D eigenvalue weighted by Crippen LogP contribution is 2.41. The summed E-state index contributed by atoms with van der Waals surface area (Å²) in [6.07, 6.45) is 2.31. The number of pyridine rings is 1. The standard InChI is InChI=1S/C18H20IN8OPS/c1-10-9-28-7-6-26(10)14-8-12(17-11(2)22-24-25(17)3)18-16(21-14)15(23-30-18)13-4-5-20-27(13)29-19/h4-5,8,10,29H,6-7,9H2,1-3H3/t10-/m1/s1. The summed E-state index contributed by atoms with van der Waals surface area (Å²) < 4.78 is 15.3. The molecular weight excluding hydrogens is 534 g/mol. The summed E-state index contributed by atoms with van der Waals surface area (Å²) in [5, 5.41) is 12.9. The molecule has 1 fully saturated rings. The number of anilines is 1. The molecule has 4 aromatic heterocycles. The Balaban J connectivity index is 1.78. The van der Waals surface area contributed by atoms with E-state index in [1.165, 1.54) is 11.5 Å². The van der Waals surface area contributed by atoms with Gasteiger partial charge in [0.1, 0.15) is 17.0 Å². The zero-order valence-corrected chi connectivity index (χ0v) is 20.7. The lowest BCUT2D eigenvalue weighted by atomic mass is 10.1. The SMILES string of the molecule is Cc1nnn(C)c1-c1cc(N2CCOC[C@H]2C)nc2c(-c3ccnn3PI)nsc12. The van der Waals surface area contributed by atoms with Gasteiger partial charge in [0, 0.05) is 25.4 Å². The average molecular weight is 554 g/mol. The summed E-state index contributed by atoms with van der Waals surface area (Å²) in [6, 6.07) is 4.40. The Hall–Kier alpha value is -1.69. The van der Waals surface area contributed by atoms with Gasteiger partial charge in [0.2, 0.25) is 0 Å². The number of nitrogens with zero attached hydrogens (tertiary/aromatic N) is 8. The fourth-order valence-electron chi connectivity index (χ4n) is 3.85. The van der Waals surface area contributed by atoms with Crippen LogP contribution in [0.2, 0.25) is 0 Å². The van der Waals surface area contributed by atoms with Crippen molar-refractivity contribution >= 4 is 56.0 Å². The zero-order valence-electron chi connectivity index (χ0n) is 16.7. The molecule has 0 aliphatic carbocycles. The highest BCUT2D eigenvalue weighted by molar-refractivity contribution is 14.2.